The quantitative estimate of drug-likeness (QED) is 0.736. The predicted octanol–water partition coefficient (Wildman–Crippen LogP) is 3.60. The average molecular weight is 264 g/mol. The Morgan fingerprint density at radius 3 is 2.47 bits per heavy atom. The number of hydrogen-bond acceptors (Lipinski definition) is 3. The van der Waals surface area contributed by atoms with Crippen molar-refractivity contribution in [3.05, 3.63) is 29.3 Å². The first-order valence-corrected chi connectivity index (χ1v) is 6.69. The van der Waals surface area contributed by atoms with Crippen molar-refractivity contribution < 1.29 is 14.3 Å². The van der Waals surface area contributed by atoms with Gasteiger partial charge in [0, 0.05) is 13.5 Å². The van der Waals surface area contributed by atoms with Crippen molar-refractivity contribution in [1.82, 2.24) is 0 Å². The number of rotatable bonds is 6. The molecule has 1 aromatic rings. The fraction of sp³-hybridized carbons (Fsp3) is 0.562. The van der Waals surface area contributed by atoms with Crippen molar-refractivity contribution in [3.63, 3.8) is 0 Å². The molecule has 0 radical (unpaired) electrons. The van der Waals surface area contributed by atoms with Crippen LogP contribution in [0.15, 0.2) is 18.2 Å². The highest BCUT2D eigenvalue weighted by Gasteiger charge is 2.19. The van der Waals surface area contributed by atoms with Crippen molar-refractivity contribution in [3.8, 4) is 5.75 Å². The van der Waals surface area contributed by atoms with Crippen LogP contribution in [0, 0.1) is 0 Å². The lowest BCUT2D eigenvalue weighted by molar-refractivity contribution is 0.0928. The van der Waals surface area contributed by atoms with E-state index in [0.717, 1.165) is 5.56 Å². The zero-order valence-corrected chi connectivity index (χ0v) is 12.6. The van der Waals surface area contributed by atoms with E-state index in [1.807, 2.05) is 25.1 Å². The number of ketones is 1. The normalized spacial score (nSPS) is 11.4. The van der Waals surface area contributed by atoms with Crippen molar-refractivity contribution in [2.75, 3.05) is 20.3 Å². The summed E-state index contributed by atoms with van der Waals surface area (Å²) in [5, 5.41) is 0. The summed E-state index contributed by atoms with van der Waals surface area (Å²) >= 11 is 0. The Hall–Kier alpha value is -1.35. The van der Waals surface area contributed by atoms with Gasteiger partial charge < -0.3 is 9.47 Å². The van der Waals surface area contributed by atoms with Crippen LogP contribution in [-0.4, -0.2) is 26.1 Å². The molecule has 0 unspecified atom stereocenters. The SMILES string of the molecule is CCOc1ccc(C(C)(C)C)cc1C(=O)CCOC. The van der Waals surface area contributed by atoms with E-state index in [0.29, 0.717) is 30.9 Å². The summed E-state index contributed by atoms with van der Waals surface area (Å²) in [7, 11) is 1.60. The molecule has 0 heterocycles. The minimum atomic E-state index is 0.0149. The van der Waals surface area contributed by atoms with Crippen LogP contribution in [0.4, 0.5) is 0 Å². The van der Waals surface area contributed by atoms with Gasteiger partial charge in [-0.1, -0.05) is 26.8 Å². The lowest BCUT2D eigenvalue weighted by Crippen LogP contribution is -2.14. The second kappa shape index (κ2) is 6.71. The van der Waals surface area contributed by atoms with E-state index >= 15 is 0 Å². The van der Waals surface area contributed by atoms with Crippen LogP contribution in [0.3, 0.4) is 0 Å². The molecule has 19 heavy (non-hydrogen) atoms. The minimum absolute atomic E-state index is 0.0149. The zero-order chi connectivity index (χ0) is 14.5. The minimum Gasteiger partial charge on any atom is -0.493 e. The van der Waals surface area contributed by atoms with Crippen LogP contribution < -0.4 is 4.74 Å². The van der Waals surface area contributed by atoms with E-state index in [9.17, 15) is 4.79 Å². The summed E-state index contributed by atoms with van der Waals surface area (Å²) in [6, 6.07) is 5.87. The highest BCUT2D eigenvalue weighted by molar-refractivity contribution is 5.99. The third-order valence-electron chi connectivity index (χ3n) is 2.98. The number of carbonyl (C=O) groups excluding carboxylic acids is 1. The summed E-state index contributed by atoms with van der Waals surface area (Å²) < 4.78 is 10.5. The van der Waals surface area contributed by atoms with E-state index in [1.165, 1.54) is 0 Å². The van der Waals surface area contributed by atoms with Gasteiger partial charge in [0.05, 0.1) is 18.8 Å². The number of benzene rings is 1. The molecule has 0 aliphatic carbocycles. The van der Waals surface area contributed by atoms with Gasteiger partial charge in [-0.3, -0.25) is 4.79 Å². The van der Waals surface area contributed by atoms with Crippen molar-refractivity contribution in [2.24, 2.45) is 0 Å². The molecule has 0 aliphatic rings. The van der Waals surface area contributed by atoms with Crippen LogP contribution in [0.5, 0.6) is 5.75 Å². The molecule has 0 atom stereocenters. The maximum absolute atomic E-state index is 12.2. The third kappa shape index (κ3) is 4.35. The second-order valence-corrected chi connectivity index (χ2v) is 5.56. The molecule has 1 aromatic carbocycles. The molecule has 3 heteroatoms. The molecular weight excluding hydrogens is 240 g/mol. The predicted molar refractivity (Wildman–Crippen MR) is 77.1 cm³/mol. The van der Waals surface area contributed by atoms with Gasteiger partial charge in [-0.05, 0) is 30.0 Å². The summed E-state index contributed by atoms with van der Waals surface area (Å²) in [5.41, 5.74) is 1.81. The van der Waals surface area contributed by atoms with Crippen LogP contribution in [0.1, 0.15) is 50.0 Å². The molecular formula is C16H24O3. The largest absolute Gasteiger partial charge is 0.493 e. The third-order valence-corrected chi connectivity index (χ3v) is 2.98. The van der Waals surface area contributed by atoms with Crippen molar-refractivity contribution >= 4 is 5.78 Å². The molecule has 0 amide bonds. The molecule has 3 nitrogen and oxygen atoms in total. The number of Topliss-reactive ketones (excluding diaryl/α,β-unsaturated/α-hetero) is 1. The monoisotopic (exact) mass is 264 g/mol. The molecule has 0 bridgehead atoms. The van der Waals surface area contributed by atoms with Gasteiger partial charge in [0.15, 0.2) is 5.78 Å². The first kappa shape index (κ1) is 15.7. The molecule has 1 rings (SSSR count). The van der Waals surface area contributed by atoms with Gasteiger partial charge in [-0.15, -0.1) is 0 Å². The van der Waals surface area contributed by atoms with E-state index in [2.05, 4.69) is 20.8 Å². The molecule has 106 valence electrons. The van der Waals surface area contributed by atoms with Crippen molar-refractivity contribution in [2.45, 2.75) is 39.5 Å². The number of hydrogen-bond donors (Lipinski definition) is 0. The Bertz CT molecular complexity index is 430. The van der Waals surface area contributed by atoms with Crippen LogP contribution in [0.2, 0.25) is 0 Å². The molecule has 0 N–H and O–H groups in total. The molecule has 0 saturated heterocycles. The average Bonchev–Trinajstić information content (AvgIpc) is 2.35. The highest BCUT2D eigenvalue weighted by atomic mass is 16.5. The fourth-order valence-electron chi connectivity index (χ4n) is 1.83. The summed E-state index contributed by atoms with van der Waals surface area (Å²) in [6.45, 7) is 9.30. The Labute approximate surface area is 115 Å². The summed E-state index contributed by atoms with van der Waals surface area (Å²) in [4.78, 5) is 12.2. The Morgan fingerprint density at radius 1 is 1.26 bits per heavy atom. The Kier molecular flexibility index (Phi) is 5.55. The van der Waals surface area contributed by atoms with Crippen LogP contribution >= 0.6 is 0 Å². The lowest BCUT2D eigenvalue weighted by Gasteiger charge is -2.21. The lowest BCUT2D eigenvalue weighted by atomic mass is 9.85. The van der Waals surface area contributed by atoms with Gasteiger partial charge in [0.25, 0.3) is 0 Å². The first-order chi connectivity index (χ1) is 8.90. The molecule has 0 saturated carbocycles. The molecule has 0 fully saturated rings. The second-order valence-electron chi connectivity index (χ2n) is 5.56. The van der Waals surface area contributed by atoms with Gasteiger partial charge in [-0.25, -0.2) is 0 Å². The van der Waals surface area contributed by atoms with E-state index in [-0.39, 0.29) is 11.2 Å². The standard InChI is InChI=1S/C16H24O3/c1-6-19-15-8-7-12(16(2,3)4)11-13(15)14(17)9-10-18-5/h7-8,11H,6,9-10H2,1-5H3. The fourth-order valence-corrected chi connectivity index (χ4v) is 1.83. The van der Waals surface area contributed by atoms with Crippen molar-refractivity contribution in [1.29, 1.82) is 0 Å². The van der Waals surface area contributed by atoms with E-state index in [4.69, 9.17) is 9.47 Å². The van der Waals surface area contributed by atoms with E-state index in [1.54, 1.807) is 7.11 Å². The van der Waals surface area contributed by atoms with Gasteiger partial charge in [0.1, 0.15) is 5.75 Å². The molecule has 0 aliphatic heterocycles. The Balaban J connectivity index is 3.11. The highest BCUT2D eigenvalue weighted by Crippen LogP contribution is 2.28. The van der Waals surface area contributed by atoms with Gasteiger partial charge in [0.2, 0.25) is 0 Å². The van der Waals surface area contributed by atoms with Crippen LogP contribution in [-0.2, 0) is 10.2 Å². The number of carbonyl (C=O) groups is 1. The van der Waals surface area contributed by atoms with E-state index < -0.39 is 0 Å². The van der Waals surface area contributed by atoms with Crippen LogP contribution in [0.25, 0.3) is 0 Å². The smallest absolute Gasteiger partial charge is 0.168 e. The topological polar surface area (TPSA) is 35.5 Å². The van der Waals surface area contributed by atoms with Gasteiger partial charge >= 0.3 is 0 Å². The summed E-state index contributed by atoms with van der Waals surface area (Å²) in [5.74, 6) is 0.730. The molecule has 0 aromatic heterocycles. The zero-order valence-electron chi connectivity index (χ0n) is 12.6. The number of methoxy groups -OCH3 is 1. The maximum atomic E-state index is 12.2. The maximum Gasteiger partial charge on any atom is 0.168 e. The number of ether oxygens (including phenoxy) is 2. The molecule has 0 spiro atoms. The Morgan fingerprint density at radius 2 is 1.95 bits per heavy atom. The van der Waals surface area contributed by atoms with Gasteiger partial charge in [-0.2, -0.15) is 0 Å². The first-order valence-electron chi connectivity index (χ1n) is 6.69. The summed E-state index contributed by atoms with van der Waals surface area (Å²) in [6.07, 6.45) is 0.379.